The minimum absolute atomic E-state index is 0.0859. The van der Waals surface area contributed by atoms with Crippen LogP contribution in [0.5, 0.6) is 0 Å². The van der Waals surface area contributed by atoms with Crippen LogP contribution in [0.3, 0.4) is 0 Å². The molecule has 0 saturated heterocycles. The molecule has 5 N–H and O–H groups in total. The van der Waals surface area contributed by atoms with Crippen molar-refractivity contribution in [2.24, 2.45) is 4.99 Å². The second kappa shape index (κ2) is 5.87. The number of benzene rings is 2. The highest BCUT2D eigenvalue weighted by Gasteiger charge is 2.14. The maximum atomic E-state index is 13.6. The summed E-state index contributed by atoms with van der Waals surface area (Å²) in [6.45, 7) is 0. The summed E-state index contributed by atoms with van der Waals surface area (Å²) >= 11 is 0. The average molecular weight is 298 g/mol. The number of rotatable bonds is 3. The lowest BCUT2D eigenvalue weighted by Gasteiger charge is -2.19. The summed E-state index contributed by atoms with van der Waals surface area (Å²) in [7, 11) is 0. The van der Waals surface area contributed by atoms with E-state index in [-0.39, 0.29) is 5.82 Å². The second-order valence-electron chi connectivity index (χ2n) is 4.84. The third-order valence-electron chi connectivity index (χ3n) is 3.24. The fraction of sp³-hybridized carbons (Fsp3) is 0.0625. The number of hydrogen-bond donors (Lipinski definition) is 4. The molecule has 6 heteroatoms. The van der Waals surface area contributed by atoms with Gasteiger partial charge in [0.2, 0.25) is 6.35 Å². The SMILES string of the molecule is Nc1ccc(-c2ccc(NC3=C(F)C=NC(O)N3)cc2)cc1. The molecule has 112 valence electrons. The van der Waals surface area contributed by atoms with Crippen molar-refractivity contribution in [1.82, 2.24) is 5.32 Å². The van der Waals surface area contributed by atoms with Gasteiger partial charge in [-0.15, -0.1) is 0 Å². The zero-order chi connectivity index (χ0) is 15.5. The molecule has 1 aliphatic rings. The van der Waals surface area contributed by atoms with Crippen LogP contribution in [0.2, 0.25) is 0 Å². The minimum Gasteiger partial charge on any atom is -0.399 e. The Hall–Kier alpha value is -2.86. The van der Waals surface area contributed by atoms with Crippen molar-refractivity contribution in [2.45, 2.75) is 6.35 Å². The number of aliphatic imine (C=N–C) groups is 1. The highest BCUT2D eigenvalue weighted by molar-refractivity contribution is 5.79. The Morgan fingerprint density at radius 1 is 1.05 bits per heavy atom. The van der Waals surface area contributed by atoms with E-state index in [0.717, 1.165) is 17.3 Å². The molecule has 0 radical (unpaired) electrons. The number of hydrogen-bond acceptors (Lipinski definition) is 5. The number of anilines is 2. The predicted octanol–water partition coefficient (Wildman–Crippen LogP) is 2.44. The van der Waals surface area contributed by atoms with Crippen LogP contribution in [-0.2, 0) is 0 Å². The van der Waals surface area contributed by atoms with Crippen molar-refractivity contribution in [2.75, 3.05) is 11.1 Å². The third kappa shape index (κ3) is 3.07. The summed E-state index contributed by atoms with van der Waals surface area (Å²) in [6, 6.07) is 15.0. The lowest BCUT2D eigenvalue weighted by molar-refractivity contribution is 0.156. The number of nitrogen functional groups attached to an aromatic ring is 1. The first-order chi connectivity index (χ1) is 10.6. The van der Waals surface area contributed by atoms with Crippen molar-refractivity contribution in [3.05, 3.63) is 60.2 Å². The van der Waals surface area contributed by atoms with Crippen molar-refractivity contribution < 1.29 is 9.50 Å². The van der Waals surface area contributed by atoms with E-state index in [9.17, 15) is 9.50 Å². The van der Waals surface area contributed by atoms with E-state index < -0.39 is 12.2 Å². The fourth-order valence-electron chi connectivity index (χ4n) is 2.10. The van der Waals surface area contributed by atoms with Crippen molar-refractivity contribution in [1.29, 1.82) is 0 Å². The van der Waals surface area contributed by atoms with Gasteiger partial charge in [0.1, 0.15) is 5.82 Å². The first-order valence-electron chi connectivity index (χ1n) is 6.72. The van der Waals surface area contributed by atoms with Crippen LogP contribution in [0.25, 0.3) is 11.1 Å². The van der Waals surface area contributed by atoms with Crippen molar-refractivity contribution >= 4 is 17.6 Å². The fourth-order valence-corrected chi connectivity index (χ4v) is 2.10. The monoisotopic (exact) mass is 298 g/mol. The molecule has 0 spiro atoms. The summed E-state index contributed by atoms with van der Waals surface area (Å²) in [5, 5.41) is 14.7. The molecule has 1 unspecified atom stereocenters. The third-order valence-corrected chi connectivity index (χ3v) is 3.24. The summed E-state index contributed by atoms with van der Waals surface area (Å²) < 4.78 is 13.6. The molecule has 0 fully saturated rings. The Morgan fingerprint density at radius 2 is 1.64 bits per heavy atom. The molecule has 1 heterocycles. The zero-order valence-electron chi connectivity index (χ0n) is 11.6. The second-order valence-corrected chi connectivity index (χ2v) is 4.84. The summed E-state index contributed by atoms with van der Waals surface area (Å²) in [4.78, 5) is 3.50. The van der Waals surface area contributed by atoms with E-state index in [1.807, 2.05) is 48.5 Å². The molecule has 1 atom stereocenters. The molecule has 22 heavy (non-hydrogen) atoms. The highest BCUT2D eigenvalue weighted by Crippen LogP contribution is 2.23. The van der Waals surface area contributed by atoms with Crippen LogP contribution in [-0.4, -0.2) is 17.7 Å². The van der Waals surface area contributed by atoms with E-state index in [0.29, 0.717) is 11.4 Å². The van der Waals surface area contributed by atoms with Gasteiger partial charge in [0.05, 0.1) is 6.21 Å². The largest absolute Gasteiger partial charge is 0.399 e. The molecule has 1 aliphatic heterocycles. The van der Waals surface area contributed by atoms with Gasteiger partial charge in [-0.25, -0.2) is 9.38 Å². The van der Waals surface area contributed by atoms with E-state index >= 15 is 0 Å². The Morgan fingerprint density at radius 3 is 2.27 bits per heavy atom. The first kappa shape index (κ1) is 14.1. The summed E-state index contributed by atoms with van der Waals surface area (Å²) in [5.41, 5.74) is 9.15. The Balaban J connectivity index is 1.77. The van der Waals surface area contributed by atoms with Crippen LogP contribution in [0.15, 0.2) is 65.2 Å². The van der Waals surface area contributed by atoms with Gasteiger partial charge in [0, 0.05) is 11.4 Å². The van der Waals surface area contributed by atoms with Gasteiger partial charge in [-0.1, -0.05) is 24.3 Å². The van der Waals surface area contributed by atoms with Gasteiger partial charge in [0.15, 0.2) is 5.83 Å². The molecule has 0 aromatic heterocycles. The number of nitrogens with two attached hydrogens (primary N) is 1. The Labute approximate surface area is 127 Å². The van der Waals surface area contributed by atoms with Gasteiger partial charge < -0.3 is 21.5 Å². The smallest absolute Gasteiger partial charge is 0.224 e. The Bertz CT molecular complexity index is 723. The Kier molecular flexibility index (Phi) is 3.76. The van der Waals surface area contributed by atoms with E-state index in [1.165, 1.54) is 0 Å². The molecule has 2 aromatic rings. The van der Waals surface area contributed by atoms with E-state index in [2.05, 4.69) is 15.6 Å². The molecule has 0 amide bonds. The highest BCUT2D eigenvalue weighted by atomic mass is 19.1. The molecule has 0 bridgehead atoms. The predicted molar refractivity (Wildman–Crippen MR) is 85.7 cm³/mol. The van der Waals surface area contributed by atoms with Gasteiger partial charge in [-0.2, -0.15) is 0 Å². The molecule has 3 rings (SSSR count). The normalized spacial score (nSPS) is 17.3. The van der Waals surface area contributed by atoms with E-state index in [1.54, 1.807) is 0 Å². The number of halogens is 1. The topological polar surface area (TPSA) is 82.7 Å². The molecule has 0 aliphatic carbocycles. The van der Waals surface area contributed by atoms with Crippen LogP contribution in [0.4, 0.5) is 15.8 Å². The lowest BCUT2D eigenvalue weighted by atomic mass is 10.1. The summed E-state index contributed by atoms with van der Waals surface area (Å²) in [5.74, 6) is -0.476. The quantitative estimate of drug-likeness (QED) is 0.656. The van der Waals surface area contributed by atoms with Crippen molar-refractivity contribution in [3.63, 3.8) is 0 Å². The standard InChI is InChI=1S/C16H15FN4O/c17-14-9-19-16(22)21-15(14)20-13-7-3-11(4-8-13)10-1-5-12(18)6-2-10/h1-9,16,20-22H,18H2. The van der Waals surface area contributed by atoms with Crippen LogP contribution in [0, 0.1) is 0 Å². The number of aliphatic hydroxyl groups is 1. The molecular formula is C16H15FN4O. The summed E-state index contributed by atoms with van der Waals surface area (Å²) in [6.07, 6.45) is -0.164. The van der Waals surface area contributed by atoms with Gasteiger partial charge in [-0.3, -0.25) is 0 Å². The lowest BCUT2D eigenvalue weighted by Crippen LogP contribution is -2.33. The van der Waals surface area contributed by atoms with E-state index in [4.69, 9.17) is 5.73 Å². The molecular weight excluding hydrogens is 283 g/mol. The van der Waals surface area contributed by atoms with Gasteiger partial charge >= 0.3 is 0 Å². The maximum Gasteiger partial charge on any atom is 0.224 e. The first-order valence-corrected chi connectivity index (χ1v) is 6.72. The minimum atomic E-state index is -1.14. The zero-order valence-corrected chi connectivity index (χ0v) is 11.6. The van der Waals surface area contributed by atoms with Gasteiger partial charge in [-0.05, 0) is 35.4 Å². The van der Waals surface area contributed by atoms with Crippen molar-refractivity contribution in [3.8, 4) is 11.1 Å². The number of allylic oxidation sites excluding steroid dienone is 1. The number of nitrogens with zero attached hydrogens (tertiary/aromatic N) is 1. The van der Waals surface area contributed by atoms with Crippen LogP contribution in [0.1, 0.15) is 0 Å². The van der Waals surface area contributed by atoms with Crippen LogP contribution < -0.4 is 16.4 Å². The average Bonchev–Trinajstić information content (AvgIpc) is 2.53. The van der Waals surface area contributed by atoms with Gasteiger partial charge in [0.25, 0.3) is 0 Å². The maximum absolute atomic E-state index is 13.6. The number of nitrogens with one attached hydrogen (secondary N) is 2. The molecule has 5 nitrogen and oxygen atoms in total. The number of aliphatic hydroxyl groups excluding tert-OH is 1. The molecule has 0 saturated carbocycles. The van der Waals surface area contributed by atoms with Crippen LogP contribution >= 0.6 is 0 Å². The molecule has 2 aromatic carbocycles.